The smallest absolute Gasteiger partial charge is 0.161 e. The highest BCUT2D eigenvalue weighted by Gasteiger charge is 2.25. The molecule has 0 aliphatic carbocycles. The molecule has 2 aliphatic rings. The number of hydrogen-bond acceptors (Lipinski definition) is 4. The van der Waals surface area contributed by atoms with Gasteiger partial charge in [0, 0.05) is 29.7 Å². The van der Waals surface area contributed by atoms with Gasteiger partial charge in [0.15, 0.2) is 11.5 Å². The van der Waals surface area contributed by atoms with Crippen LogP contribution in [0.2, 0.25) is 0 Å². The first kappa shape index (κ1) is 20.4. The van der Waals surface area contributed by atoms with Crippen LogP contribution in [0.3, 0.4) is 0 Å². The number of hydrogen-bond donors (Lipinski definition) is 2. The molecule has 0 bridgehead atoms. The van der Waals surface area contributed by atoms with Crippen molar-refractivity contribution < 1.29 is 14.2 Å². The van der Waals surface area contributed by atoms with Gasteiger partial charge in [-0.1, -0.05) is 6.07 Å². The molecule has 3 heterocycles. The number of nitrogens with one attached hydrogen (secondary N) is 2. The van der Waals surface area contributed by atoms with Crippen LogP contribution in [0.15, 0.2) is 36.4 Å². The quantitative estimate of drug-likeness (QED) is 0.595. The van der Waals surface area contributed by atoms with E-state index in [1.54, 1.807) is 14.2 Å². The van der Waals surface area contributed by atoms with E-state index in [0.717, 1.165) is 56.2 Å². The van der Waals surface area contributed by atoms with Crippen molar-refractivity contribution in [2.75, 3.05) is 40.5 Å². The molecular weight excluding hydrogens is 388 g/mol. The number of ether oxygens (including phenoxy) is 3. The number of piperidine rings is 1. The van der Waals surface area contributed by atoms with Gasteiger partial charge in [-0.15, -0.1) is 0 Å². The molecule has 2 aromatic carbocycles. The lowest BCUT2D eigenvalue weighted by Gasteiger charge is -2.25. The summed E-state index contributed by atoms with van der Waals surface area (Å²) < 4.78 is 16.7. The van der Waals surface area contributed by atoms with Crippen molar-refractivity contribution in [2.45, 2.75) is 37.5 Å². The number of aromatic nitrogens is 1. The van der Waals surface area contributed by atoms with E-state index < -0.39 is 0 Å². The molecule has 0 unspecified atom stereocenters. The molecule has 31 heavy (non-hydrogen) atoms. The van der Waals surface area contributed by atoms with Crippen LogP contribution in [0.1, 0.15) is 48.6 Å². The van der Waals surface area contributed by atoms with Crippen molar-refractivity contribution in [2.24, 2.45) is 0 Å². The lowest BCUT2D eigenvalue weighted by Crippen LogP contribution is -2.26. The Kier molecular flexibility index (Phi) is 5.88. The number of fused-ring (bicyclic) bond motifs is 1. The molecule has 164 valence electrons. The SMILES string of the molecule is COc1ccc(-c2[nH]c3ccc(C4CCNCC4)cc3c2C2CCOCC2)cc1OC. The van der Waals surface area contributed by atoms with E-state index in [9.17, 15) is 0 Å². The number of H-pyrrole nitrogens is 1. The Bertz CT molecular complexity index is 1050. The molecule has 3 aromatic rings. The van der Waals surface area contributed by atoms with Gasteiger partial charge in [-0.3, -0.25) is 0 Å². The van der Waals surface area contributed by atoms with E-state index in [1.807, 2.05) is 6.07 Å². The Morgan fingerprint density at radius 1 is 0.839 bits per heavy atom. The third-order valence-corrected chi connectivity index (χ3v) is 6.98. The topological polar surface area (TPSA) is 55.5 Å². The van der Waals surface area contributed by atoms with Crippen molar-refractivity contribution in [1.29, 1.82) is 0 Å². The monoisotopic (exact) mass is 420 g/mol. The van der Waals surface area contributed by atoms with E-state index in [-0.39, 0.29) is 0 Å². The fraction of sp³-hybridized carbons (Fsp3) is 0.462. The minimum atomic E-state index is 0.494. The van der Waals surface area contributed by atoms with Crippen LogP contribution in [-0.4, -0.2) is 45.5 Å². The Hall–Kier alpha value is -2.50. The van der Waals surface area contributed by atoms with Crippen LogP contribution >= 0.6 is 0 Å². The van der Waals surface area contributed by atoms with Crippen molar-refractivity contribution in [3.05, 3.63) is 47.5 Å². The molecule has 0 spiro atoms. The normalized spacial score (nSPS) is 18.4. The molecule has 5 nitrogen and oxygen atoms in total. The molecule has 2 N–H and O–H groups in total. The first-order valence-electron chi connectivity index (χ1n) is 11.4. The van der Waals surface area contributed by atoms with Crippen LogP contribution in [0, 0.1) is 0 Å². The highest BCUT2D eigenvalue weighted by atomic mass is 16.5. The maximum atomic E-state index is 5.69. The molecule has 1 aromatic heterocycles. The van der Waals surface area contributed by atoms with Crippen molar-refractivity contribution in [1.82, 2.24) is 10.3 Å². The van der Waals surface area contributed by atoms with Crippen LogP contribution in [0.4, 0.5) is 0 Å². The van der Waals surface area contributed by atoms with Crippen molar-refractivity contribution in [3.63, 3.8) is 0 Å². The van der Waals surface area contributed by atoms with Crippen LogP contribution in [0.25, 0.3) is 22.2 Å². The predicted octanol–water partition coefficient (Wildman–Crippen LogP) is 5.21. The van der Waals surface area contributed by atoms with Gasteiger partial charge in [0.1, 0.15) is 0 Å². The van der Waals surface area contributed by atoms with Crippen LogP contribution in [-0.2, 0) is 4.74 Å². The third-order valence-electron chi connectivity index (χ3n) is 6.98. The summed E-state index contributed by atoms with van der Waals surface area (Å²) in [6, 6.07) is 13.3. The molecular formula is C26H32N2O3. The molecule has 0 amide bonds. The second-order valence-corrected chi connectivity index (χ2v) is 8.70. The number of benzene rings is 2. The van der Waals surface area contributed by atoms with E-state index >= 15 is 0 Å². The van der Waals surface area contributed by atoms with Crippen LogP contribution < -0.4 is 14.8 Å². The fourth-order valence-electron chi connectivity index (χ4n) is 5.27. The number of rotatable bonds is 5. The Morgan fingerprint density at radius 3 is 2.35 bits per heavy atom. The van der Waals surface area contributed by atoms with Gasteiger partial charge in [0.25, 0.3) is 0 Å². The summed E-state index contributed by atoms with van der Waals surface area (Å²) in [6.07, 6.45) is 4.55. The summed E-state index contributed by atoms with van der Waals surface area (Å²) >= 11 is 0. The highest BCUT2D eigenvalue weighted by Crippen LogP contribution is 2.43. The molecule has 0 radical (unpaired) electrons. The maximum Gasteiger partial charge on any atom is 0.161 e. The summed E-state index contributed by atoms with van der Waals surface area (Å²) in [5, 5.41) is 4.86. The van der Waals surface area contributed by atoms with E-state index in [0.29, 0.717) is 11.8 Å². The van der Waals surface area contributed by atoms with Crippen LogP contribution in [0.5, 0.6) is 11.5 Å². The van der Waals surface area contributed by atoms with Crippen molar-refractivity contribution >= 4 is 10.9 Å². The van der Waals surface area contributed by atoms with E-state index in [1.165, 1.54) is 40.6 Å². The summed E-state index contributed by atoms with van der Waals surface area (Å²) in [4.78, 5) is 3.75. The van der Waals surface area contributed by atoms with Gasteiger partial charge >= 0.3 is 0 Å². The summed E-state index contributed by atoms with van der Waals surface area (Å²) in [5.41, 5.74) is 6.45. The Morgan fingerprint density at radius 2 is 1.61 bits per heavy atom. The number of aromatic amines is 1. The molecule has 5 rings (SSSR count). The first-order chi connectivity index (χ1) is 15.3. The summed E-state index contributed by atoms with van der Waals surface area (Å²) in [5.74, 6) is 2.65. The zero-order valence-corrected chi connectivity index (χ0v) is 18.5. The third kappa shape index (κ3) is 3.92. The zero-order chi connectivity index (χ0) is 21.2. The summed E-state index contributed by atoms with van der Waals surface area (Å²) in [6.45, 7) is 3.88. The van der Waals surface area contributed by atoms with Gasteiger partial charge in [-0.05, 0) is 92.1 Å². The first-order valence-corrected chi connectivity index (χ1v) is 11.4. The second-order valence-electron chi connectivity index (χ2n) is 8.70. The Balaban J connectivity index is 1.64. The number of methoxy groups -OCH3 is 2. The van der Waals surface area contributed by atoms with E-state index in [2.05, 4.69) is 40.6 Å². The minimum Gasteiger partial charge on any atom is -0.493 e. The van der Waals surface area contributed by atoms with Gasteiger partial charge in [0.2, 0.25) is 0 Å². The van der Waals surface area contributed by atoms with Gasteiger partial charge in [-0.2, -0.15) is 0 Å². The highest BCUT2D eigenvalue weighted by molar-refractivity contribution is 5.92. The fourth-order valence-corrected chi connectivity index (χ4v) is 5.27. The molecule has 5 heteroatoms. The van der Waals surface area contributed by atoms with E-state index in [4.69, 9.17) is 14.2 Å². The molecule has 2 saturated heterocycles. The lowest BCUT2D eigenvalue weighted by molar-refractivity contribution is 0.0857. The van der Waals surface area contributed by atoms with Gasteiger partial charge in [0.05, 0.1) is 19.9 Å². The van der Waals surface area contributed by atoms with Gasteiger partial charge < -0.3 is 24.5 Å². The predicted molar refractivity (Wildman–Crippen MR) is 124 cm³/mol. The minimum absolute atomic E-state index is 0.494. The largest absolute Gasteiger partial charge is 0.493 e. The lowest BCUT2D eigenvalue weighted by atomic mass is 9.85. The molecule has 0 saturated carbocycles. The Labute approximate surface area is 184 Å². The van der Waals surface area contributed by atoms with Crippen molar-refractivity contribution in [3.8, 4) is 22.8 Å². The molecule has 2 aliphatic heterocycles. The molecule has 2 fully saturated rings. The average Bonchev–Trinajstić information content (AvgIpc) is 3.23. The van der Waals surface area contributed by atoms with Gasteiger partial charge in [-0.25, -0.2) is 0 Å². The standard InChI is InChI=1S/C26H32N2O3/c1-29-23-6-4-20(16-24(23)30-2)26-25(18-9-13-31-14-10-18)21-15-19(3-5-22(21)28-26)17-7-11-27-12-8-17/h3-6,15-18,27-28H,7-14H2,1-2H3. The zero-order valence-electron chi connectivity index (χ0n) is 18.5. The molecule has 0 atom stereocenters. The second kappa shape index (κ2) is 8.93. The average molecular weight is 421 g/mol. The summed E-state index contributed by atoms with van der Waals surface area (Å²) in [7, 11) is 3.37. The maximum absolute atomic E-state index is 5.69.